The number of hydrogen-bond donors (Lipinski definition) is 0. The molecule has 5 nitrogen and oxygen atoms in total. The van der Waals surface area contributed by atoms with Crippen LogP contribution in [0.2, 0.25) is 5.02 Å². The number of piperazine rings is 1. The van der Waals surface area contributed by atoms with Crippen molar-refractivity contribution < 1.29 is 14.3 Å². The van der Waals surface area contributed by atoms with E-state index in [1.807, 2.05) is 42.5 Å². The third-order valence-electron chi connectivity index (χ3n) is 5.02. The Bertz CT molecular complexity index is 1070. The number of thiophene rings is 1. The van der Waals surface area contributed by atoms with Crippen LogP contribution < -0.4 is 4.90 Å². The SMILES string of the molecule is O=C(/C=C/c1sc2ccccc2c1Cl)OCC(=O)N1CCN(c2ccccc2)CC1. The molecule has 2 heterocycles. The molecule has 0 N–H and O–H groups in total. The molecule has 1 fully saturated rings. The third-order valence-corrected chi connectivity index (χ3v) is 6.68. The summed E-state index contributed by atoms with van der Waals surface area (Å²) in [5.41, 5.74) is 1.15. The van der Waals surface area contributed by atoms with Crippen molar-refractivity contribution in [3.05, 3.63) is 70.6 Å². The first kappa shape index (κ1) is 20.4. The highest BCUT2D eigenvalue weighted by Gasteiger charge is 2.21. The topological polar surface area (TPSA) is 49.9 Å². The molecule has 1 amide bonds. The Labute approximate surface area is 184 Å². The van der Waals surface area contributed by atoms with Gasteiger partial charge in [0.1, 0.15) is 0 Å². The Hall–Kier alpha value is -2.83. The maximum atomic E-state index is 12.4. The van der Waals surface area contributed by atoms with Gasteiger partial charge in [0.25, 0.3) is 5.91 Å². The van der Waals surface area contributed by atoms with E-state index in [4.69, 9.17) is 16.3 Å². The molecule has 1 aliphatic heterocycles. The van der Waals surface area contributed by atoms with E-state index in [0.29, 0.717) is 18.1 Å². The number of halogens is 1. The molecule has 7 heteroatoms. The number of nitrogens with zero attached hydrogens (tertiary/aromatic N) is 2. The van der Waals surface area contributed by atoms with E-state index in [9.17, 15) is 9.59 Å². The lowest BCUT2D eigenvalue weighted by molar-refractivity contribution is -0.148. The summed E-state index contributed by atoms with van der Waals surface area (Å²) in [6.07, 6.45) is 2.95. The van der Waals surface area contributed by atoms with Crippen molar-refractivity contribution in [1.82, 2.24) is 4.90 Å². The van der Waals surface area contributed by atoms with Gasteiger partial charge >= 0.3 is 5.97 Å². The molecular weight excluding hydrogens is 420 g/mol. The maximum Gasteiger partial charge on any atom is 0.331 e. The number of amides is 1. The van der Waals surface area contributed by atoms with Crippen LogP contribution in [0.3, 0.4) is 0 Å². The van der Waals surface area contributed by atoms with Crippen LogP contribution in [0.25, 0.3) is 16.2 Å². The Morgan fingerprint density at radius 2 is 1.70 bits per heavy atom. The van der Waals surface area contributed by atoms with Gasteiger partial charge < -0.3 is 14.5 Å². The van der Waals surface area contributed by atoms with Crippen LogP contribution in [0.1, 0.15) is 4.88 Å². The molecule has 0 aliphatic carbocycles. The summed E-state index contributed by atoms with van der Waals surface area (Å²) in [7, 11) is 0. The Balaban J connectivity index is 1.26. The molecule has 3 aromatic rings. The van der Waals surface area contributed by atoms with Gasteiger partial charge in [0.05, 0.1) is 5.02 Å². The summed E-state index contributed by atoms with van der Waals surface area (Å²) in [4.78, 5) is 29.2. The first-order valence-corrected chi connectivity index (χ1v) is 10.9. The zero-order valence-corrected chi connectivity index (χ0v) is 17.9. The highest BCUT2D eigenvalue weighted by atomic mass is 35.5. The smallest absolute Gasteiger partial charge is 0.331 e. The number of carbonyl (C=O) groups excluding carboxylic acids is 2. The molecule has 0 atom stereocenters. The van der Waals surface area contributed by atoms with Crippen LogP contribution in [0.15, 0.2) is 60.7 Å². The number of fused-ring (bicyclic) bond motifs is 1. The lowest BCUT2D eigenvalue weighted by atomic mass is 10.2. The predicted octanol–water partition coefficient (Wildman–Crippen LogP) is 4.46. The average Bonchev–Trinajstić information content (AvgIpc) is 3.12. The van der Waals surface area contributed by atoms with Crippen molar-refractivity contribution in [2.75, 3.05) is 37.7 Å². The molecule has 1 aromatic heterocycles. The number of esters is 1. The summed E-state index contributed by atoms with van der Waals surface area (Å²) in [5, 5.41) is 1.58. The van der Waals surface area contributed by atoms with Gasteiger partial charge in [-0.3, -0.25) is 4.79 Å². The van der Waals surface area contributed by atoms with Gasteiger partial charge in [0.15, 0.2) is 6.61 Å². The van der Waals surface area contributed by atoms with E-state index in [1.54, 1.807) is 11.0 Å². The van der Waals surface area contributed by atoms with Gasteiger partial charge in [0.2, 0.25) is 0 Å². The molecule has 4 rings (SSSR count). The number of benzene rings is 2. The van der Waals surface area contributed by atoms with E-state index in [-0.39, 0.29) is 12.5 Å². The minimum Gasteiger partial charge on any atom is -0.452 e. The molecule has 1 aliphatic rings. The minimum atomic E-state index is -0.556. The summed E-state index contributed by atoms with van der Waals surface area (Å²) in [5.74, 6) is -0.732. The summed E-state index contributed by atoms with van der Waals surface area (Å²) in [6, 6.07) is 17.9. The predicted molar refractivity (Wildman–Crippen MR) is 122 cm³/mol. The standard InChI is InChI=1S/C23H21ClN2O3S/c24-23-18-8-4-5-9-19(18)30-20(23)10-11-22(28)29-16-21(27)26-14-12-25(13-15-26)17-6-2-1-3-7-17/h1-11H,12-16H2/b11-10+. The summed E-state index contributed by atoms with van der Waals surface area (Å²) >= 11 is 7.87. The van der Waals surface area contributed by atoms with Crippen molar-refractivity contribution in [1.29, 1.82) is 0 Å². The van der Waals surface area contributed by atoms with E-state index in [0.717, 1.165) is 33.7 Å². The lowest BCUT2D eigenvalue weighted by Gasteiger charge is -2.36. The minimum absolute atomic E-state index is 0.177. The van der Waals surface area contributed by atoms with Crippen LogP contribution in [-0.2, 0) is 14.3 Å². The fraction of sp³-hybridized carbons (Fsp3) is 0.217. The zero-order valence-electron chi connectivity index (χ0n) is 16.3. The quantitative estimate of drug-likeness (QED) is 0.434. The zero-order chi connectivity index (χ0) is 20.9. The molecule has 1 saturated heterocycles. The molecule has 30 heavy (non-hydrogen) atoms. The van der Waals surface area contributed by atoms with Gasteiger partial charge in [-0.05, 0) is 24.3 Å². The fourth-order valence-corrected chi connectivity index (χ4v) is 4.81. The number of hydrogen-bond acceptors (Lipinski definition) is 5. The second kappa shape index (κ2) is 9.32. The van der Waals surface area contributed by atoms with Gasteiger partial charge in [0, 0.05) is 52.9 Å². The van der Waals surface area contributed by atoms with Gasteiger partial charge in [-0.1, -0.05) is 48.0 Å². The summed E-state index contributed by atoms with van der Waals surface area (Å²) < 4.78 is 6.19. The highest BCUT2D eigenvalue weighted by Crippen LogP contribution is 2.35. The van der Waals surface area contributed by atoms with Crippen molar-refractivity contribution in [3.63, 3.8) is 0 Å². The highest BCUT2D eigenvalue weighted by molar-refractivity contribution is 7.20. The van der Waals surface area contributed by atoms with E-state index in [1.165, 1.54) is 17.4 Å². The molecule has 0 radical (unpaired) electrons. The summed E-state index contributed by atoms with van der Waals surface area (Å²) in [6.45, 7) is 2.48. The van der Waals surface area contributed by atoms with Crippen LogP contribution in [0.4, 0.5) is 5.69 Å². The Morgan fingerprint density at radius 3 is 2.43 bits per heavy atom. The van der Waals surface area contributed by atoms with Gasteiger partial charge in [-0.2, -0.15) is 0 Å². The largest absolute Gasteiger partial charge is 0.452 e. The first-order chi connectivity index (χ1) is 14.6. The number of para-hydroxylation sites is 1. The van der Waals surface area contributed by atoms with E-state index in [2.05, 4.69) is 17.0 Å². The number of carbonyl (C=O) groups is 2. The molecular formula is C23H21ClN2O3S. The van der Waals surface area contributed by atoms with Crippen molar-refractivity contribution in [2.45, 2.75) is 0 Å². The van der Waals surface area contributed by atoms with Gasteiger partial charge in [-0.15, -0.1) is 11.3 Å². The second-order valence-corrected chi connectivity index (χ2v) is 8.38. The van der Waals surface area contributed by atoms with Crippen LogP contribution in [-0.4, -0.2) is 49.6 Å². The second-order valence-electron chi connectivity index (χ2n) is 6.92. The fourth-order valence-electron chi connectivity index (χ4n) is 3.41. The van der Waals surface area contributed by atoms with Crippen molar-refractivity contribution in [2.24, 2.45) is 0 Å². The number of ether oxygens (including phenoxy) is 1. The first-order valence-electron chi connectivity index (χ1n) is 9.71. The Morgan fingerprint density at radius 1 is 1.00 bits per heavy atom. The van der Waals surface area contributed by atoms with Gasteiger partial charge in [-0.25, -0.2) is 4.79 Å². The average molecular weight is 441 g/mol. The monoisotopic (exact) mass is 440 g/mol. The lowest BCUT2D eigenvalue weighted by Crippen LogP contribution is -2.49. The van der Waals surface area contributed by atoms with E-state index >= 15 is 0 Å². The number of anilines is 1. The maximum absolute atomic E-state index is 12.4. The molecule has 154 valence electrons. The molecule has 2 aromatic carbocycles. The third kappa shape index (κ3) is 4.66. The van der Waals surface area contributed by atoms with E-state index < -0.39 is 5.97 Å². The van der Waals surface area contributed by atoms with Crippen LogP contribution >= 0.6 is 22.9 Å². The molecule has 0 spiro atoms. The molecule has 0 unspecified atom stereocenters. The number of rotatable bonds is 5. The molecule has 0 saturated carbocycles. The Kier molecular flexibility index (Phi) is 6.35. The van der Waals surface area contributed by atoms with Crippen LogP contribution in [0, 0.1) is 0 Å². The normalized spacial score (nSPS) is 14.4. The molecule has 0 bridgehead atoms. The van der Waals surface area contributed by atoms with Crippen molar-refractivity contribution >= 4 is 56.7 Å². The van der Waals surface area contributed by atoms with Crippen LogP contribution in [0.5, 0.6) is 0 Å². The van der Waals surface area contributed by atoms with Crippen molar-refractivity contribution in [3.8, 4) is 0 Å².